The monoisotopic (exact) mass is 415 g/mol. The minimum absolute atomic E-state index is 0.123. The van der Waals surface area contributed by atoms with Crippen molar-refractivity contribution in [3.8, 4) is 11.4 Å². The van der Waals surface area contributed by atoms with Crippen molar-refractivity contribution in [1.29, 1.82) is 0 Å². The number of hydrogen-bond donors (Lipinski definition) is 1. The van der Waals surface area contributed by atoms with E-state index < -0.39 is 0 Å². The smallest absolute Gasteiger partial charge is 0.237 e. The Hall–Kier alpha value is -2.44. The molecule has 0 aliphatic carbocycles. The summed E-state index contributed by atoms with van der Waals surface area (Å²) in [5, 5.41) is 3.77. The number of thioether (sulfide) groups is 1. The lowest BCUT2D eigenvalue weighted by atomic mass is 10.1. The molecule has 146 valence electrons. The zero-order valence-electron chi connectivity index (χ0n) is 16.2. The van der Waals surface area contributed by atoms with Gasteiger partial charge in [-0.1, -0.05) is 35.5 Å². The molecule has 0 radical (unpaired) electrons. The number of nitrogens with zero attached hydrogens (tertiary/aromatic N) is 2. The van der Waals surface area contributed by atoms with Gasteiger partial charge in [-0.15, -0.1) is 0 Å². The Morgan fingerprint density at radius 2 is 2.04 bits per heavy atom. The summed E-state index contributed by atoms with van der Waals surface area (Å²) < 4.78 is 7.15. The molecule has 1 aromatic heterocycles. The van der Waals surface area contributed by atoms with Crippen LogP contribution in [0.5, 0.6) is 5.75 Å². The van der Waals surface area contributed by atoms with Crippen LogP contribution in [0.2, 0.25) is 5.02 Å². The van der Waals surface area contributed by atoms with Gasteiger partial charge in [-0.3, -0.25) is 9.36 Å². The van der Waals surface area contributed by atoms with E-state index >= 15 is 0 Å². The van der Waals surface area contributed by atoms with E-state index in [0.717, 1.165) is 16.4 Å². The number of aryl methyl sites for hydroxylation is 2. The third-order valence-corrected chi connectivity index (χ3v) is 5.68. The number of hydrogen-bond acceptors (Lipinski definition) is 4. The number of halogens is 1. The van der Waals surface area contributed by atoms with Gasteiger partial charge < -0.3 is 10.1 Å². The Kier molecular flexibility index (Phi) is 6.31. The summed E-state index contributed by atoms with van der Waals surface area (Å²) in [4.78, 5) is 17.1. The van der Waals surface area contributed by atoms with Crippen LogP contribution in [0.3, 0.4) is 0 Å². The Morgan fingerprint density at radius 1 is 1.25 bits per heavy atom. The molecule has 0 spiro atoms. The molecule has 0 fully saturated rings. The molecular weight excluding hydrogens is 394 g/mol. The highest BCUT2D eigenvalue weighted by atomic mass is 35.5. The number of nitrogens with one attached hydrogen (secondary N) is 1. The summed E-state index contributed by atoms with van der Waals surface area (Å²) in [5.41, 5.74) is 4.01. The fourth-order valence-corrected chi connectivity index (χ4v) is 3.87. The number of rotatable bonds is 6. The molecule has 3 aromatic rings. The number of benzene rings is 2. The van der Waals surface area contributed by atoms with Gasteiger partial charge in [0.1, 0.15) is 5.75 Å². The molecule has 7 heteroatoms. The minimum Gasteiger partial charge on any atom is -0.495 e. The molecular formula is C21H22ClN3O2S. The van der Waals surface area contributed by atoms with Crippen LogP contribution in [0.4, 0.5) is 5.69 Å². The first kappa shape index (κ1) is 20.3. The molecule has 1 unspecified atom stereocenters. The standard InChI is InChI=1S/C21H22ClN3O2S/c1-13-5-6-14(2)18(11-13)25-10-9-23-21(25)28-15(3)20(26)24-16-7-8-19(27-4)17(22)12-16/h5-12,15H,1-4H3,(H,24,26). The first-order valence-corrected chi connectivity index (χ1v) is 10.1. The number of carbonyl (C=O) groups excluding carboxylic acids is 1. The van der Waals surface area contributed by atoms with Gasteiger partial charge in [-0.25, -0.2) is 4.98 Å². The maximum Gasteiger partial charge on any atom is 0.237 e. The number of anilines is 1. The molecule has 0 aliphatic rings. The summed E-state index contributed by atoms with van der Waals surface area (Å²) in [6.45, 7) is 5.97. The van der Waals surface area contributed by atoms with E-state index in [4.69, 9.17) is 16.3 Å². The average molecular weight is 416 g/mol. The van der Waals surface area contributed by atoms with Crippen LogP contribution >= 0.6 is 23.4 Å². The normalized spacial score (nSPS) is 11.9. The van der Waals surface area contributed by atoms with Crippen molar-refractivity contribution in [2.24, 2.45) is 0 Å². The summed E-state index contributed by atoms with van der Waals surface area (Å²) >= 11 is 7.54. The van der Waals surface area contributed by atoms with Crippen molar-refractivity contribution in [2.45, 2.75) is 31.2 Å². The van der Waals surface area contributed by atoms with Crippen molar-refractivity contribution in [3.63, 3.8) is 0 Å². The van der Waals surface area contributed by atoms with Gasteiger partial charge in [0.15, 0.2) is 5.16 Å². The molecule has 0 saturated heterocycles. The van der Waals surface area contributed by atoms with Crippen LogP contribution in [-0.2, 0) is 4.79 Å². The van der Waals surface area contributed by atoms with Gasteiger partial charge in [-0.05, 0) is 56.2 Å². The summed E-state index contributed by atoms with van der Waals surface area (Å²) in [7, 11) is 1.55. The Morgan fingerprint density at radius 3 is 2.75 bits per heavy atom. The first-order valence-electron chi connectivity index (χ1n) is 8.81. The van der Waals surface area contributed by atoms with E-state index in [2.05, 4.69) is 42.3 Å². The highest BCUT2D eigenvalue weighted by Crippen LogP contribution is 2.29. The van der Waals surface area contributed by atoms with Gasteiger partial charge in [0, 0.05) is 18.1 Å². The van der Waals surface area contributed by atoms with Crippen LogP contribution in [0.25, 0.3) is 5.69 Å². The van der Waals surface area contributed by atoms with E-state index in [9.17, 15) is 4.79 Å². The maximum absolute atomic E-state index is 12.6. The zero-order valence-corrected chi connectivity index (χ0v) is 17.8. The molecule has 0 aliphatic heterocycles. The molecule has 0 bridgehead atoms. The topological polar surface area (TPSA) is 56.1 Å². The summed E-state index contributed by atoms with van der Waals surface area (Å²) in [5.74, 6) is 0.444. The summed E-state index contributed by atoms with van der Waals surface area (Å²) in [6, 6.07) is 11.4. The second kappa shape index (κ2) is 8.71. The maximum atomic E-state index is 12.6. The van der Waals surface area contributed by atoms with Crippen LogP contribution in [0.1, 0.15) is 18.1 Å². The largest absolute Gasteiger partial charge is 0.495 e. The van der Waals surface area contributed by atoms with Gasteiger partial charge in [-0.2, -0.15) is 0 Å². The van der Waals surface area contributed by atoms with Crippen molar-refractivity contribution in [1.82, 2.24) is 9.55 Å². The molecule has 1 heterocycles. The third kappa shape index (κ3) is 4.51. The molecule has 28 heavy (non-hydrogen) atoms. The van der Waals surface area contributed by atoms with E-state index in [1.165, 1.54) is 17.3 Å². The number of methoxy groups -OCH3 is 1. The van der Waals surface area contributed by atoms with E-state index in [1.54, 1.807) is 31.5 Å². The second-order valence-corrected chi connectivity index (χ2v) is 8.18. The minimum atomic E-state index is -0.341. The van der Waals surface area contributed by atoms with Crippen molar-refractivity contribution in [2.75, 3.05) is 12.4 Å². The van der Waals surface area contributed by atoms with Gasteiger partial charge in [0.25, 0.3) is 0 Å². The average Bonchev–Trinajstić information content (AvgIpc) is 3.11. The lowest BCUT2D eigenvalue weighted by Crippen LogP contribution is -2.22. The molecule has 3 rings (SSSR count). The second-order valence-electron chi connectivity index (χ2n) is 6.47. The Bertz CT molecular complexity index is 1000. The predicted molar refractivity (Wildman–Crippen MR) is 115 cm³/mol. The summed E-state index contributed by atoms with van der Waals surface area (Å²) in [6.07, 6.45) is 3.66. The number of ether oxygens (including phenoxy) is 1. The van der Waals surface area contributed by atoms with E-state index in [1.807, 2.05) is 17.7 Å². The fraction of sp³-hybridized carbons (Fsp3) is 0.238. The van der Waals surface area contributed by atoms with Gasteiger partial charge in [0.05, 0.1) is 23.1 Å². The number of carbonyl (C=O) groups is 1. The lowest BCUT2D eigenvalue weighted by Gasteiger charge is -2.15. The Labute approximate surface area is 174 Å². The molecule has 1 amide bonds. The van der Waals surface area contributed by atoms with Crippen LogP contribution < -0.4 is 10.1 Å². The molecule has 1 atom stereocenters. The number of imidazole rings is 1. The van der Waals surface area contributed by atoms with E-state index in [-0.39, 0.29) is 11.2 Å². The number of amides is 1. The van der Waals surface area contributed by atoms with Crippen LogP contribution in [0, 0.1) is 13.8 Å². The zero-order chi connectivity index (χ0) is 20.3. The Balaban J connectivity index is 1.74. The highest BCUT2D eigenvalue weighted by molar-refractivity contribution is 8.00. The molecule has 2 aromatic carbocycles. The number of aromatic nitrogens is 2. The van der Waals surface area contributed by atoms with E-state index in [0.29, 0.717) is 16.5 Å². The third-order valence-electron chi connectivity index (χ3n) is 4.30. The highest BCUT2D eigenvalue weighted by Gasteiger charge is 2.19. The van der Waals surface area contributed by atoms with Crippen molar-refractivity contribution < 1.29 is 9.53 Å². The lowest BCUT2D eigenvalue weighted by molar-refractivity contribution is -0.115. The van der Waals surface area contributed by atoms with Gasteiger partial charge >= 0.3 is 0 Å². The van der Waals surface area contributed by atoms with Crippen LogP contribution in [0.15, 0.2) is 53.9 Å². The van der Waals surface area contributed by atoms with Crippen molar-refractivity contribution in [3.05, 3.63) is 64.9 Å². The van der Waals surface area contributed by atoms with Crippen molar-refractivity contribution >= 4 is 35.0 Å². The van der Waals surface area contributed by atoms with Gasteiger partial charge in [0.2, 0.25) is 5.91 Å². The van der Waals surface area contributed by atoms with Crippen LogP contribution in [-0.4, -0.2) is 27.8 Å². The quantitative estimate of drug-likeness (QED) is 0.557. The SMILES string of the molecule is COc1ccc(NC(=O)C(C)Sc2nccn2-c2cc(C)ccc2C)cc1Cl. The molecule has 5 nitrogen and oxygen atoms in total. The molecule has 0 saturated carbocycles. The molecule has 1 N–H and O–H groups in total. The predicted octanol–water partition coefficient (Wildman–Crippen LogP) is 5.27. The first-order chi connectivity index (χ1) is 13.4. The fourth-order valence-electron chi connectivity index (χ4n) is 2.74.